The first-order valence-corrected chi connectivity index (χ1v) is 10.6. The minimum Gasteiger partial charge on any atom is -0.493 e. The van der Waals surface area contributed by atoms with Crippen molar-refractivity contribution in [3.63, 3.8) is 0 Å². The molecule has 1 aliphatic heterocycles. The number of aromatic amines is 1. The van der Waals surface area contributed by atoms with Crippen molar-refractivity contribution >= 4 is 17.2 Å². The largest absolute Gasteiger partial charge is 0.493 e. The summed E-state index contributed by atoms with van der Waals surface area (Å²) >= 11 is 1.36. The number of nitrogens with zero attached hydrogens (tertiary/aromatic N) is 1. The topological polar surface area (TPSA) is 45.3 Å². The molecule has 0 spiro atoms. The fourth-order valence-electron chi connectivity index (χ4n) is 4.06. The molecule has 146 valence electrons. The first-order valence-electron chi connectivity index (χ1n) is 9.83. The average molecular weight is 395 g/mol. The van der Waals surface area contributed by atoms with Crippen LogP contribution >= 0.6 is 11.5 Å². The minimum atomic E-state index is -0.0499. The van der Waals surface area contributed by atoms with Gasteiger partial charge in [-0.15, -0.1) is 0 Å². The van der Waals surface area contributed by atoms with E-state index in [2.05, 4.69) is 41.3 Å². The van der Waals surface area contributed by atoms with Gasteiger partial charge in [0.25, 0.3) is 5.56 Å². The highest BCUT2D eigenvalue weighted by Gasteiger charge is 2.22. The Morgan fingerprint density at radius 1 is 1.14 bits per heavy atom. The van der Waals surface area contributed by atoms with Crippen LogP contribution in [0.1, 0.15) is 24.0 Å². The fourth-order valence-corrected chi connectivity index (χ4v) is 4.75. The Kier molecular flexibility index (Phi) is 5.53. The predicted molar refractivity (Wildman–Crippen MR) is 117 cm³/mol. The third-order valence-electron chi connectivity index (χ3n) is 5.42. The Hall–Kier alpha value is -2.53. The highest BCUT2D eigenvalue weighted by Crippen LogP contribution is 2.30. The maximum absolute atomic E-state index is 11.3. The average Bonchev–Trinajstić information content (AvgIpc) is 3.13. The summed E-state index contributed by atoms with van der Waals surface area (Å²) in [5.41, 5.74) is 5.08. The lowest BCUT2D eigenvalue weighted by atomic mass is 9.96. The van der Waals surface area contributed by atoms with Crippen LogP contribution in [0.15, 0.2) is 53.3 Å². The standard InChI is InChI=1S/C23H26N2O2S/c1-16-5-3-6-17(2)23(16)25-12-4-7-18(14-25)15-27-20-10-8-19(9-11-20)21-13-22(26)24-28-21/h3,5-6,8-11,13,18H,4,7,12,14-15H2,1-2H3,(H,24,26)/t18-/m0/s1. The van der Waals surface area contributed by atoms with Gasteiger partial charge in [-0.1, -0.05) is 29.7 Å². The summed E-state index contributed by atoms with van der Waals surface area (Å²) in [6.07, 6.45) is 2.41. The highest BCUT2D eigenvalue weighted by molar-refractivity contribution is 7.09. The van der Waals surface area contributed by atoms with Gasteiger partial charge in [-0.25, -0.2) is 0 Å². The number of ether oxygens (including phenoxy) is 1. The lowest BCUT2D eigenvalue weighted by Crippen LogP contribution is -2.38. The van der Waals surface area contributed by atoms with Crippen molar-refractivity contribution in [1.29, 1.82) is 0 Å². The maximum Gasteiger partial charge on any atom is 0.258 e. The molecular formula is C23H26N2O2S. The van der Waals surface area contributed by atoms with Gasteiger partial charge in [0.2, 0.25) is 0 Å². The molecule has 0 aliphatic carbocycles. The number of benzene rings is 2. The number of hydrogen-bond acceptors (Lipinski definition) is 4. The molecule has 28 heavy (non-hydrogen) atoms. The second kappa shape index (κ2) is 8.23. The van der Waals surface area contributed by atoms with Crippen LogP contribution in [0, 0.1) is 19.8 Å². The van der Waals surface area contributed by atoms with Gasteiger partial charge in [0.15, 0.2) is 0 Å². The van der Waals surface area contributed by atoms with E-state index in [9.17, 15) is 4.79 Å². The number of hydrogen-bond donors (Lipinski definition) is 1. The molecule has 1 atom stereocenters. The van der Waals surface area contributed by atoms with Crippen LogP contribution < -0.4 is 15.2 Å². The summed E-state index contributed by atoms with van der Waals surface area (Å²) in [5, 5.41) is 0. The molecule has 2 heterocycles. The van der Waals surface area contributed by atoms with Crippen molar-refractivity contribution in [3.05, 3.63) is 70.0 Å². The van der Waals surface area contributed by atoms with Crippen molar-refractivity contribution in [2.24, 2.45) is 5.92 Å². The Morgan fingerprint density at radius 2 is 1.89 bits per heavy atom. The normalized spacial score (nSPS) is 16.9. The number of para-hydroxylation sites is 1. The van der Waals surface area contributed by atoms with E-state index in [1.807, 2.05) is 24.3 Å². The van der Waals surface area contributed by atoms with Crippen LogP contribution in [0.3, 0.4) is 0 Å². The number of aryl methyl sites for hydroxylation is 2. The van der Waals surface area contributed by atoms with Gasteiger partial charge in [0.05, 0.1) is 11.5 Å². The Balaban J connectivity index is 1.37. The first kappa shape index (κ1) is 18.8. The van der Waals surface area contributed by atoms with Crippen molar-refractivity contribution in [2.45, 2.75) is 26.7 Å². The zero-order valence-electron chi connectivity index (χ0n) is 16.4. The molecule has 1 saturated heterocycles. The van der Waals surface area contributed by atoms with Gasteiger partial charge < -0.3 is 9.64 Å². The van der Waals surface area contributed by atoms with E-state index >= 15 is 0 Å². The van der Waals surface area contributed by atoms with E-state index in [1.54, 1.807) is 6.07 Å². The number of anilines is 1. The fraction of sp³-hybridized carbons (Fsp3) is 0.348. The van der Waals surface area contributed by atoms with Crippen LogP contribution in [0.4, 0.5) is 5.69 Å². The molecule has 1 N–H and O–H groups in total. The summed E-state index contributed by atoms with van der Waals surface area (Å²) in [5.74, 6) is 1.41. The maximum atomic E-state index is 11.3. The quantitative estimate of drug-likeness (QED) is 0.661. The molecule has 0 unspecified atom stereocenters. The van der Waals surface area contributed by atoms with Crippen LogP contribution in [0.25, 0.3) is 10.4 Å². The summed E-state index contributed by atoms with van der Waals surface area (Å²) in [6.45, 7) is 7.30. The second-order valence-corrected chi connectivity index (χ2v) is 8.46. The molecule has 5 heteroatoms. The number of rotatable bonds is 5. The molecule has 3 aromatic rings. The molecule has 4 rings (SSSR count). The molecule has 1 fully saturated rings. The SMILES string of the molecule is Cc1cccc(C)c1N1CCC[C@H](COc2ccc(-c3cc(=O)[nH]s3)cc2)C1. The lowest BCUT2D eigenvalue weighted by molar-refractivity contribution is 0.229. The van der Waals surface area contributed by atoms with Gasteiger partial charge in [0.1, 0.15) is 5.75 Å². The van der Waals surface area contributed by atoms with E-state index in [-0.39, 0.29) is 5.56 Å². The zero-order valence-corrected chi connectivity index (χ0v) is 17.2. The summed E-state index contributed by atoms with van der Waals surface area (Å²) < 4.78 is 8.82. The van der Waals surface area contributed by atoms with Crippen LogP contribution in [0.2, 0.25) is 0 Å². The summed E-state index contributed by atoms with van der Waals surface area (Å²) in [4.78, 5) is 14.8. The molecule has 0 saturated carbocycles. The van der Waals surface area contributed by atoms with Gasteiger partial charge in [-0.2, -0.15) is 0 Å². The Morgan fingerprint density at radius 3 is 2.57 bits per heavy atom. The van der Waals surface area contributed by atoms with Gasteiger partial charge >= 0.3 is 0 Å². The minimum absolute atomic E-state index is 0.0499. The van der Waals surface area contributed by atoms with Crippen LogP contribution in [-0.2, 0) is 0 Å². The van der Waals surface area contributed by atoms with Crippen molar-refractivity contribution in [3.8, 4) is 16.2 Å². The molecule has 1 aliphatic rings. The lowest BCUT2D eigenvalue weighted by Gasteiger charge is -2.36. The molecule has 1 aromatic heterocycles. The predicted octanol–water partition coefficient (Wildman–Crippen LogP) is 5.02. The Bertz CT molecular complexity index is 970. The van der Waals surface area contributed by atoms with Crippen molar-refractivity contribution < 1.29 is 4.74 Å². The van der Waals surface area contributed by atoms with E-state index in [0.29, 0.717) is 5.92 Å². The van der Waals surface area contributed by atoms with Crippen LogP contribution in [0.5, 0.6) is 5.75 Å². The van der Waals surface area contributed by atoms with E-state index < -0.39 is 0 Å². The number of piperidine rings is 1. The summed E-state index contributed by atoms with van der Waals surface area (Å²) in [7, 11) is 0. The molecular weight excluding hydrogens is 368 g/mol. The first-order chi connectivity index (χ1) is 13.6. The number of nitrogens with one attached hydrogen (secondary N) is 1. The highest BCUT2D eigenvalue weighted by atomic mass is 32.1. The number of aromatic nitrogens is 1. The third kappa shape index (κ3) is 4.14. The molecule has 0 amide bonds. The van der Waals surface area contributed by atoms with Gasteiger partial charge in [-0.3, -0.25) is 9.17 Å². The number of H-pyrrole nitrogens is 1. The molecule has 0 bridgehead atoms. The Labute approximate surface area is 169 Å². The van der Waals surface area contributed by atoms with Crippen molar-refractivity contribution in [1.82, 2.24) is 4.37 Å². The summed E-state index contributed by atoms with van der Waals surface area (Å²) in [6, 6.07) is 16.2. The molecule has 0 radical (unpaired) electrons. The van der Waals surface area contributed by atoms with Gasteiger partial charge in [-0.05, 0) is 67.6 Å². The van der Waals surface area contributed by atoms with Gasteiger partial charge in [0, 0.05) is 30.8 Å². The van der Waals surface area contributed by atoms with E-state index in [1.165, 1.54) is 41.2 Å². The monoisotopic (exact) mass is 394 g/mol. The zero-order chi connectivity index (χ0) is 19.5. The third-order valence-corrected chi connectivity index (χ3v) is 6.30. The van der Waals surface area contributed by atoms with E-state index in [0.717, 1.165) is 35.9 Å². The molecule has 4 nitrogen and oxygen atoms in total. The molecule has 2 aromatic carbocycles. The van der Waals surface area contributed by atoms with E-state index in [4.69, 9.17) is 4.74 Å². The van der Waals surface area contributed by atoms with Crippen molar-refractivity contribution in [2.75, 3.05) is 24.6 Å². The second-order valence-electron chi connectivity index (χ2n) is 7.61. The van der Waals surface area contributed by atoms with Crippen LogP contribution in [-0.4, -0.2) is 24.1 Å². The smallest absolute Gasteiger partial charge is 0.258 e.